The monoisotopic (exact) mass is 339 g/mol. The molecule has 0 aliphatic carbocycles. The van der Waals surface area contributed by atoms with Crippen LogP contribution in [0.25, 0.3) is 21.0 Å². The van der Waals surface area contributed by atoms with Gasteiger partial charge in [-0.3, -0.25) is 0 Å². The first-order valence-electron chi connectivity index (χ1n) is 8.10. The van der Waals surface area contributed by atoms with Gasteiger partial charge in [0.05, 0.1) is 23.1 Å². The van der Waals surface area contributed by atoms with Crippen LogP contribution < -0.4 is 5.32 Å². The SMILES string of the molecule is c1ccc2sc(-c3ccc(C[NH2+]CCCn4ccnc4)o3)nc2c1. The lowest BCUT2D eigenvalue weighted by Crippen LogP contribution is -2.82. The molecule has 2 N–H and O–H groups in total. The molecule has 4 rings (SSSR count). The Kier molecular flexibility index (Phi) is 4.40. The third-order valence-electron chi connectivity index (χ3n) is 3.90. The van der Waals surface area contributed by atoms with Gasteiger partial charge in [0.25, 0.3) is 0 Å². The van der Waals surface area contributed by atoms with E-state index >= 15 is 0 Å². The number of aryl methyl sites for hydroxylation is 1. The van der Waals surface area contributed by atoms with Crippen molar-refractivity contribution in [1.29, 1.82) is 0 Å². The Morgan fingerprint density at radius 2 is 2.12 bits per heavy atom. The third kappa shape index (κ3) is 3.39. The van der Waals surface area contributed by atoms with E-state index in [0.717, 1.165) is 48.1 Å². The molecule has 3 aromatic heterocycles. The van der Waals surface area contributed by atoms with Crippen molar-refractivity contribution in [3.05, 3.63) is 60.9 Å². The minimum Gasteiger partial charge on any atom is -0.453 e. The summed E-state index contributed by atoms with van der Waals surface area (Å²) < 4.78 is 9.25. The average Bonchev–Trinajstić information content (AvgIpc) is 3.34. The molecule has 0 amide bonds. The minimum atomic E-state index is 0.856. The van der Waals surface area contributed by atoms with E-state index in [9.17, 15) is 0 Å². The zero-order chi connectivity index (χ0) is 16.2. The molecule has 0 atom stereocenters. The lowest BCUT2D eigenvalue weighted by molar-refractivity contribution is -0.672. The first-order valence-corrected chi connectivity index (χ1v) is 8.92. The maximum atomic E-state index is 5.95. The van der Waals surface area contributed by atoms with E-state index in [1.165, 1.54) is 4.70 Å². The highest BCUT2D eigenvalue weighted by Crippen LogP contribution is 2.30. The van der Waals surface area contributed by atoms with Crippen molar-refractivity contribution in [2.45, 2.75) is 19.5 Å². The van der Waals surface area contributed by atoms with Crippen LogP contribution in [0.15, 0.2) is 59.5 Å². The van der Waals surface area contributed by atoms with Crippen LogP contribution in [0, 0.1) is 0 Å². The van der Waals surface area contributed by atoms with Crippen LogP contribution in [0.2, 0.25) is 0 Å². The Hall–Kier alpha value is -2.44. The molecular formula is C18H19N4OS+. The van der Waals surface area contributed by atoms with E-state index in [2.05, 4.69) is 25.9 Å². The summed E-state index contributed by atoms with van der Waals surface area (Å²) in [5.41, 5.74) is 1.03. The van der Waals surface area contributed by atoms with Gasteiger partial charge in [0.15, 0.2) is 16.5 Å². The highest BCUT2D eigenvalue weighted by molar-refractivity contribution is 7.21. The van der Waals surface area contributed by atoms with E-state index in [0.29, 0.717) is 0 Å². The van der Waals surface area contributed by atoms with Gasteiger partial charge in [-0.2, -0.15) is 0 Å². The van der Waals surface area contributed by atoms with Crippen molar-refractivity contribution in [3.8, 4) is 10.8 Å². The predicted octanol–water partition coefficient (Wildman–Crippen LogP) is 2.91. The highest BCUT2D eigenvalue weighted by atomic mass is 32.1. The second-order valence-electron chi connectivity index (χ2n) is 5.69. The molecule has 1 aromatic carbocycles. The Bertz CT molecular complexity index is 877. The number of nitrogens with zero attached hydrogens (tertiary/aromatic N) is 3. The number of rotatable bonds is 7. The normalized spacial score (nSPS) is 11.3. The average molecular weight is 339 g/mol. The van der Waals surface area contributed by atoms with Crippen molar-refractivity contribution < 1.29 is 9.73 Å². The van der Waals surface area contributed by atoms with Crippen LogP contribution >= 0.6 is 11.3 Å². The van der Waals surface area contributed by atoms with Gasteiger partial charge >= 0.3 is 0 Å². The van der Waals surface area contributed by atoms with Gasteiger partial charge in [0, 0.05) is 25.4 Å². The fourth-order valence-corrected chi connectivity index (χ4v) is 3.59. The summed E-state index contributed by atoms with van der Waals surface area (Å²) in [6, 6.07) is 12.2. The Balaban J connectivity index is 1.31. The molecule has 0 bridgehead atoms. The summed E-state index contributed by atoms with van der Waals surface area (Å²) in [7, 11) is 0. The molecule has 0 fully saturated rings. The highest BCUT2D eigenvalue weighted by Gasteiger charge is 2.11. The first kappa shape index (κ1) is 15.1. The fourth-order valence-electron chi connectivity index (χ4n) is 2.66. The molecule has 24 heavy (non-hydrogen) atoms. The van der Waals surface area contributed by atoms with Gasteiger partial charge in [0.2, 0.25) is 0 Å². The summed E-state index contributed by atoms with van der Waals surface area (Å²) in [5, 5.41) is 3.22. The Labute approximate surface area is 144 Å². The Morgan fingerprint density at radius 3 is 3.00 bits per heavy atom. The molecular weight excluding hydrogens is 320 g/mol. The topological polar surface area (TPSA) is 60.5 Å². The molecule has 0 aliphatic heterocycles. The standard InChI is InChI=1S/C18H18N4OS/c1-2-5-17-15(4-1)21-18(24-17)16-7-6-14(23-16)12-19-8-3-10-22-11-9-20-13-22/h1-2,4-7,9,11,13,19H,3,8,10,12H2/p+1. The molecule has 0 saturated heterocycles. The molecule has 122 valence electrons. The number of para-hydroxylation sites is 1. The first-order chi connectivity index (χ1) is 11.9. The fraction of sp³-hybridized carbons (Fsp3) is 0.222. The molecule has 3 heterocycles. The lowest BCUT2D eigenvalue weighted by atomic mass is 10.3. The van der Waals surface area contributed by atoms with Crippen LogP contribution in [0.4, 0.5) is 0 Å². The molecule has 0 radical (unpaired) electrons. The van der Waals surface area contributed by atoms with Crippen molar-refractivity contribution in [2.24, 2.45) is 0 Å². The minimum absolute atomic E-state index is 0.856. The van der Waals surface area contributed by atoms with Crippen LogP contribution in [0.1, 0.15) is 12.2 Å². The Morgan fingerprint density at radius 1 is 1.17 bits per heavy atom. The van der Waals surface area contributed by atoms with Gasteiger partial charge in [0.1, 0.15) is 6.54 Å². The number of quaternary nitrogens is 1. The zero-order valence-electron chi connectivity index (χ0n) is 13.3. The predicted molar refractivity (Wildman–Crippen MR) is 94.7 cm³/mol. The zero-order valence-corrected chi connectivity index (χ0v) is 14.1. The second kappa shape index (κ2) is 6.98. The van der Waals surface area contributed by atoms with Crippen LogP contribution in [0.5, 0.6) is 0 Å². The molecule has 0 aliphatic rings. The molecule has 4 aromatic rings. The molecule has 5 nitrogen and oxygen atoms in total. The van der Waals surface area contributed by atoms with Gasteiger partial charge in [-0.05, 0) is 24.3 Å². The van der Waals surface area contributed by atoms with Crippen molar-refractivity contribution in [2.75, 3.05) is 6.54 Å². The summed E-state index contributed by atoms with van der Waals surface area (Å²) in [5.74, 6) is 1.85. The van der Waals surface area contributed by atoms with Crippen LogP contribution in [-0.2, 0) is 13.1 Å². The van der Waals surface area contributed by atoms with Crippen LogP contribution in [0.3, 0.4) is 0 Å². The maximum Gasteiger partial charge on any atom is 0.163 e. The molecule has 0 unspecified atom stereocenters. The van der Waals surface area contributed by atoms with Gasteiger partial charge in [-0.15, -0.1) is 11.3 Å². The number of imidazole rings is 1. The van der Waals surface area contributed by atoms with E-state index in [1.807, 2.05) is 49.1 Å². The summed E-state index contributed by atoms with van der Waals surface area (Å²) >= 11 is 1.67. The van der Waals surface area contributed by atoms with Crippen molar-refractivity contribution in [3.63, 3.8) is 0 Å². The van der Waals surface area contributed by atoms with Crippen molar-refractivity contribution >= 4 is 21.6 Å². The number of nitrogens with two attached hydrogens (primary N) is 1. The number of furan rings is 1. The molecule has 6 heteroatoms. The van der Waals surface area contributed by atoms with Gasteiger partial charge in [-0.25, -0.2) is 9.97 Å². The smallest absolute Gasteiger partial charge is 0.163 e. The number of hydrogen-bond donors (Lipinski definition) is 1. The number of thiazole rings is 1. The molecule has 0 saturated carbocycles. The van der Waals surface area contributed by atoms with Gasteiger partial charge < -0.3 is 14.3 Å². The maximum absolute atomic E-state index is 5.95. The summed E-state index contributed by atoms with van der Waals surface area (Å²) in [6.45, 7) is 2.93. The van der Waals surface area contributed by atoms with E-state index in [4.69, 9.17) is 4.42 Å². The summed E-state index contributed by atoms with van der Waals surface area (Å²) in [4.78, 5) is 8.69. The van der Waals surface area contributed by atoms with E-state index in [1.54, 1.807) is 11.3 Å². The second-order valence-corrected chi connectivity index (χ2v) is 6.72. The number of benzene rings is 1. The largest absolute Gasteiger partial charge is 0.453 e. The van der Waals surface area contributed by atoms with Crippen LogP contribution in [-0.4, -0.2) is 21.1 Å². The summed E-state index contributed by atoms with van der Waals surface area (Å²) in [6.07, 6.45) is 6.78. The number of fused-ring (bicyclic) bond motifs is 1. The van der Waals surface area contributed by atoms with E-state index in [-0.39, 0.29) is 0 Å². The third-order valence-corrected chi connectivity index (χ3v) is 4.95. The molecule has 0 spiro atoms. The van der Waals surface area contributed by atoms with Gasteiger partial charge in [-0.1, -0.05) is 12.1 Å². The van der Waals surface area contributed by atoms with E-state index < -0.39 is 0 Å². The van der Waals surface area contributed by atoms with Crippen molar-refractivity contribution in [1.82, 2.24) is 14.5 Å². The lowest BCUT2D eigenvalue weighted by Gasteiger charge is -2.01. The number of aromatic nitrogens is 3. The number of hydrogen-bond acceptors (Lipinski definition) is 4. The quantitative estimate of drug-likeness (QED) is 0.527.